The van der Waals surface area contributed by atoms with Crippen molar-refractivity contribution >= 4 is 17.6 Å². The Morgan fingerprint density at radius 3 is 2.59 bits per heavy atom. The number of benzene rings is 1. The molecule has 0 radical (unpaired) electrons. The smallest absolute Gasteiger partial charge is 0.309 e. The molecule has 2 amide bonds. The van der Waals surface area contributed by atoms with Gasteiger partial charge in [0.2, 0.25) is 0 Å². The molecule has 1 aromatic carbocycles. The van der Waals surface area contributed by atoms with E-state index in [1.165, 1.54) is 0 Å². The topological polar surface area (TPSA) is 98.1 Å². The fourth-order valence-corrected chi connectivity index (χ4v) is 3.49. The summed E-state index contributed by atoms with van der Waals surface area (Å²) in [5, 5.41) is 14.7. The highest BCUT2D eigenvalue weighted by atomic mass is 16.2. The molecule has 2 heterocycles. The number of rotatable bonds is 5. The number of nitriles is 1. The minimum absolute atomic E-state index is 0.231. The third-order valence-electron chi connectivity index (χ3n) is 5.23. The number of amides is 2. The fourth-order valence-electron chi connectivity index (χ4n) is 3.49. The zero-order valence-corrected chi connectivity index (χ0v) is 16.5. The van der Waals surface area contributed by atoms with Gasteiger partial charge in [0.1, 0.15) is 11.9 Å². The molecule has 1 fully saturated rings. The van der Waals surface area contributed by atoms with Crippen LogP contribution in [0.3, 0.4) is 0 Å². The van der Waals surface area contributed by atoms with E-state index in [-0.39, 0.29) is 6.04 Å². The van der Waals surface area contributed by atoms with Crippen LogP contribution >= 0.6 is 0 Å². The van der Waals surface area contributed by atoms with Gasteiger partial charge in [-0.2, -0.15) is 5.26 Å². The van der Waals surface area contributed by atoms with Crippen molar-refractivity contribution in [2.75, 3.05) is 24.5 Å². The Hall–Kier alpha value is -3.40. The number of nitrogens with zero attached hydrogens (tertiary/aromatic N) is 3. The van der Waals surface area contributed by atoms with Crippen LogP contribution in [-0.4, -0.2) is 36.4 Å². The molecule has 1 saturated heterocycles. The zero-order valence-electron chi connectivity index (χ0n) is 16.5. The van der Waals surface area contributed by atoms with E-state index in [1.807, 2.05) is 37.3 Å². The van der Waals surface area contributed by atoms with Crippen LogP contribution < -0.4 is 15.5 Å². The SMILES string of the molecule is C[C@@H](NC(=O)C(=O)NCC1CCN(c2ncccc2C#N)CC1)c1ccccc1. The highest BCUT2D eigenvalue weighted by Gasteiger charge is 2.23. The Bertz CT molecular complexity index is 886. The Kier molecular flexibility index (Phi) is 6.80. The molecule has 7 nitrogen and oxygen atoms in total. The summed E-state index contributed by atoms with van der Waals surface area (Å²) in [4.78, 5) is 30.7. The van der Waals surface area contributed by atoms with Crippen LogP contribution in [0.4, 0.5) is 5.82 Å². The molecule has 1 aliphatic rings. The van der Waals surface area contributed by atoms with E-state index >= 15 is 0 Å². The maximum absolute atomic E-state index is 12.1. The van der Waals surface area contributed by atoms with Crippen molar-refractivity contribution in [2.45, 2.75) is 25.8 Å². The average molecular weight is 391 g/mol. The quantitative estimate of drug-likeness (QED) is 0.761. The van der Waals surface area contributed by atoms with Crippen LogP contribution in [0.25, 0.3) is 0 Å². The first-order valence-electron chi connectivity index (χ1n) is 9.82. The molecule has 1 atom stereocenters. The maximum Gasteiger partial charge on any atom is 0.309 e. The average Bonchev–Trinajstić information content (AvgIpc) is 2.78. The highest BCUT2D eigenvalue weighted by molar-refractivity contribution is 6.35. The van der Waals surface area contributed by atoms with Crippen LogP contribution in [0.5, 0.6) is 0 Å². The number of piperidine rings is 1. The maximum atomic E-state index is 12.1. The summed E-state index contributed by atoms with van der Waals surface area (Å²) in [5.41, 5.74) is 1.52. The van der Waals surface area contributed by atoms with E-state index in [9.17, 15) is 14.9 Å². The first-order chi connectivity index (χ1) is 14.1. The second kappa shape index (κ2) is 9.69. The minimum atomic E-state index is -0.620. The van der Waals surface area contributed by atoms with E-state index in [4.69, 9.17) is 0 Å². The number of pyridine rings is 1. The normalized spacial score (nSPS) is 15.2. The minimum Gasteiger partial charge on any atom is -0.356 e. The van der Waals surface area contributed by atoms with E-state index < -0.39 is 11.8 Å². The Labute approximate surface area is 170 Å². The van der Waals surface area contributed by atoms with Gasteiger partial charge < -0.3 is 15.5 Å². The van der Waals surface area contributed by atoms with Crippen LogP contribution in [0, 0.1) is 17.2 Å². The van der Waals surface area contributed by atoms with Crippen LogP contribution in [-0.2, 0) is 9.59 Å². The van der Waals surface area contributed by atoms with Crippen molar-refractivity contribution in [3.63, 3.8) is 0 Å². The predicted molar refractivity (Wildman–Crippen MR) is 110 cm³/mol. The number of carbonyl (C=O) groups excluding carboxylic acids is 2. The molecule has 2 aromatic rings. The molecule has 2 N–H and O–H groups in total. The fraction of sp³-hybridized carbons (Fsp3) is 0.364. The van der Waals surface area contributed by atoms with Crippen LogP contribution in [0.15, 0.2) is 48.7 Å². The monoisotopic (exact) mass is 391 g/mol. The van der Waals surface area contributed by atoms with Crippen LogP contribution in [0.2, 0.25) is 0 Å². The lowest BCUT2D eigenvalue weighted by Gasteiger charge is -2.33. The van der Waals surface area contributed by atoms with Gasteiger partial charge in [-0.3, -0.25) is 9.59 Å². The van der Waals surface area contributed by atoms with E-state index in [1.54, 1.807) is 18.3 Å². The molecule has 0 saturated carbocycles. The van der Waals surface area contributed by atoms with Gasteiger partial charge in [0.25, 0.3) is 0 Å². The van der Waals surface area contributed by atoms with Crippen molar-refractivity contribution in [3.05, 3.63) is 59.8 Å². The Balaban J connectivity index is 1.43. The number of anilines is 1. The summed E-state index contributed by atoms with van der Waals surface area (Å²) in [5.74, 6) is -0.215. The molecular weight excluding hydrogens is 366 g/mol. The molecule has 0 bridgehead atoms. The highest BCUT2D eigenvalue weighted by Crippen LogP contribution is 2.23. The van der Waals surface area contributed by atoms with Crippen LogP contribution in [0.1, 0.15) is 36.9 Å². The van der Waals surface area contributed by atoms with Crippen molar-refractivity contribution in [2.24, 2.45) is 5.92 Å². The first-order valence-corrected chi connectivity index (χ1v) is 9.82. The molecule has 0 spiro atoms. The van der Waals surface area contributed by atoms with Crippen molar-refractivity contribution in [1.29, 1.82) is 5.26 Å². The molecule has 0 unspecified atom stereocenters. The molecule has 1 aliphatic heterocycles. The first kappa shape index (κ1) is 20.3. The third-order valence-corrected chi connectivity index (χ3v) is 5.23. The summed E-state index contributed by atoms with van der Waals surface area (Å²) in [6, 6.07) is 15.0. The predicted octanol–water partition coefficient (Wildman–Crippen LogP) is 2.16. The molecule has 150 valence electrons. The van der Waals surface area contributed by atoms with Gasteiger partial charge in [-0.15, -0.1) is 0 Å². The lowest BCUT2D eigenvalue weighted by atomic mass is 9.96. The molecule has 3 rings (SSSR count). The number of aromatic nitrogens is 1. The third kappa shape index (κ3) is 5.32. The second-order valence-corrected chi connectivity index (χ2v) is 7.23. The zero-order chi connectivity index (χ0) is 20.6. The molecule has 29 heavy (non-hydrogen) atoms. The number of carbonyl (C=O) groups is 2. The molecule has 7 heteroatoms. The summed E-state index contributed by atoms with van der Waals surface area (Å²) >= 11 is 0. The summed E-state index contributed by atoms with van der Waals surface area (Å²) in [6.07, 6.45) is 3.42. The lowest BCUT2D eigenvalue weighted by molar-refractivity contribution is -0.139. The largest absolute Gasteiger partial charge is 0.356 e. The van der Waals surface area contributed by atoms with Crippen molar-refractivity contribution in [3.8, 4) is 6.07 Å². The van der Waals surface area contributed by atoms with Crippen molar-refractivity contribution < 1.29 is 9.59 Å². The number of hydrogen-bond acceptors (Lipinski definition) is 5. The van der Waals surface area contributed by atoms with E-state index in [0.717, 1.165) is 31.5 Å². The summed E-state index contributed by atoms with van der Waals surface area (Å²) in [6.45, 7) is 3.85. The van der Waals surface area contributed by atoms with Gasteiger partial charge in [0.15, 0.2) is 0 Å². The number of hydrogen-bond donors (Lipinski definition) is 2. The molecule has 0 aliphatic carbocycles. The Morgan fingerprint density at radius 1 is 1.17 bits per heavy atom. The van der Waals surface area contributed by atoms with Gasteiger partial charge in [-0.1, -0.05) is 30.3 Å². The summed E-state index contributed by atoms with van der Waals surface area (Å²) in [7, 11) is 0. The summed E-state index contributed by atoms with van der Waals surface area (Å²) < 4.78 is 0. The second-order valence-electron chi connectivity index (χ2n) is 7.23. The molecular formula is C22H25N5O2. The van der Waals surface area contributed by atoms with E-state index in [2.05, 4.69) is 26.6 Å². The van der Waals surface area contributed by atoms with Gasteiger partial charge in [-0.25, -0.2) is 4.98 Å². The van der Waals surface area contributed by atoms with Gasteiger partial charge in [-0.05, 0) is 43.4 Å². The Morgan fingerprint density at radius 2 is 1.90 bits per heavy atom. The van der Waals surface area contributed by atoms with Crippen molar-refractivity contribution in [1.82, 2.24) is 15.6 Å². The van der Waals surface area contributed by atoms with Gasteiger partial charge >= 0.3 is 11.8 Å². The molecule has 1 aromatic heterocycles. The standard InChI is InChI=1S/C22H25N5O2/c1-16(18-6-3-2-4-7-18)26-22(29)21(28)25-15-17-9-12-27(13-10-17)20-19(14-23)8-5-11-24-20/h2-8,11,16-17H,9-10,12-13,15H2,1H3,(H,25,28)(H,26,29)/t16-/m1/s1. The number of nitrogens with one attached hydrogen (secondary N) is 2. The van der Waals surface area contributed by atoms with Gasteiger partial charge in [0, 0.05) is 25.8 Å². The van der Waals surface area contributed by atoms with Gasteiger partial charge in [0.05, 0.1) is 11.6 Å². The lowest BCUT2D eigenvalue weighted by Crippen LogP contribution is -2.44. The van der Waals surface area contributed by atoms with E-state index in [0.29, 0.717) is 23.8 Å².